The number of ether oxygens (including phenoxy) is 1. The van der Waals surface area contributed by atoms with Gasteiger partial charge in [-0.1, -0.05) is 0 Å². The molecule has 3 rings (SSSR count). The Balaban J connectivity index is 2.10. The van der Waals surface area contributed by atoms with Gasteiger partial charge in [0.1, 0.15) is 18.0 Å². The van der Waals surface area contributed by atoms with Crippen molar-refractivity contribution in [3.8, 4) is 6.07 Å². The number of nitrogens with zero attached hydrogens (tertiary/aromatic N) is 4. The molecular formula is C16H18N4O3S. The first-order valence-electron chi connectivity index (χ1n) is 7.56. The molecule has 126 valence electrons. The maximum Gasteiger partial charge on any atom is 0.332 e. The van der Waals surface area contributed by atoms with Crippen LogP contribution >= 0.6 is 11.3 Å². The molecule has 24 heavy (non-hydrogen) atoms. The summed E-state index contributed by atoms with van der Waals surface area (Å²) >= 11 is 1.59. The van der Waals surface area contributed by atoms with Crippen molar-refractivity contribution in [2.45, 2.75) is 19.1 Å². The molecule has 1 aliphatic heterocycles. The molecule has 0 bridgehead atoms. The van der Waals surface area contributed by atoms with Gasteiger partial charge in [-0.25, -0.2) is 4.79 Å². The summed E-state index contributed by atoms with van der Waals surface area (Å²) in [5.74, 6) is 0.362. The number of thiophene rings is 1. The second kappa shape index (κ2) is 6.26. The van der Waals surface area contributed by atoms with Gasteiger partial charge in [-0.2, -0.15) is 16.6 Å². The summed E-state index contributed by atoms with van der Waals surface area (Å²) in [4.78, 5) is 26.5. The Kier molecular flexibility index (Phi) is 4.30. The zero-order chi connectivity index (χ0) is 17.4. The van der Waals surface area contributed by atoms with Crippen molar-refractivity contribution in [1.29, 1.82) is 5.26 Å². The molecule has 0 aromatic carbocycles. The topological polar surface area (TPSA) is 80.3 Å². The van der Waals surface area contributed by atoms with Crippen LogP contribution in [0, 0.1) is 11.3 Å². The van der Waals surface area contributed by atoms with Gasteiger partial charge in [-0.15, -0.1) is 0 Å². The average molecular weight is 346 g/mol. The standard InChI is InChI=1S/C16H18N4O3S/c1-10-7-20(8-13(23-10)11-4-5-24-9-11)14-12(6-17)15(21)19(3)16(22)18(14)2/h4-5,9-10,13H,7-8H2,1-3H3. The first-order valence-corrected chi connectivity index (χ1v) is 8.51. The van der Waals surface area contributed by atoms with Crippen LogP contribution in [0.4, 0.5) is 5.82 Å². The van der Waals surface area contributed by atoms with Gasteiger partial charge >= 0.3 is 5.69 Å². The number of nitriles is 1. The van der Waals surface area contributed by atoms with Crippen LogP contribution in [0.15, 0.2) is 26.4 Å². The van der Waals surface area contributed by atoms with Gasteiger partial charge in [-0.05, 0) is 29.3 Å². The Morgan fingerprint density at radius 1 is 1.29 bits per heavy atom. The lowest BCUT2D eigenvalue weighted by Gasteiger charge is -2.38. The highest BCUT2D eigenvalue weighted by Gasteiger charge is 2.30. The van der Waals surface area contributed by atoms with Crippen LogP contribution in [0.5, 0.6) is 0 Å². The molecule has 1 aliphatic rings. The molecule has 1 fully saturated rings. The van der Waals surface area contributed by atoms with E-state index in [9.17, 15) is 14.9 Å². The fourth-order valence-electron chi connectivity index (χ4n) is 3.07. The van der Waals surface area contributed by atoms with Crippen molar-refractivity contribution in [2.24, 2.45) is 14.1 Å². The maximum atomic E-state index is 12.3. The second-order valence-electron chi connectivity index (χ2n) is 5.91. The van der Waals surface area contributed by atoms with E-state index in [1.807, 2.05) is 34.7 Å². The summed E-state index contributed by atoms with van der Waals surface area (Å²) in [6, 6.07) is 3.96. The minimum Gasteiger partial charge on any atom is -0.367 e. The van der Waals surface area contributed by atoms with Crippen molar-refractivity contribution in [2.75, 3.05) is 18.0 Å². The summed E-state index contributed by atoms with van der Waals surface area (Å²) < 4.78 is 8.32. The van der Waals surface area contributed by atoms with E-state index >= 15 is 0 Å². The van der Waals surface area contributed by atoms with E-state index in [4.69, 9.17) is 4.74 Å². The van der Waals surface area contributed by atoms with Gasteiger partial charge in [0, 0.05) is 27.2 Å². The summed E-state index contributed by atoms with van der Waals surface area (Å²) in [6.45, 7) is 2.93. The normalized spacial score (nSPS) is 20.8. The Morgan fingerprint density at radius 3 is 2.67 bits per heavy atom. The Morgan fingerprint density at radius 2 is 2.04 bits per heavy atom. The van der Waals surface area contributed by atoms with Crippen molar-refractivity contribution >= 4 is 17.2 Å². The number of rotatable bonds is 2. The zero-order valence-corrected chi connectivity index (χ0v) is 14.5. The van der Waals surface area contributed by atoms with Gasteiger partial charge in [0.25, 0.3) is 5.56 Å². The van der Waals surface area contributed by atoms with Gasteiger partial charge in [0.2, 0.25) is 0 Å². The van der Waals surface area contributed by atoms with E-state index in [1.54, 1.807) is 18.4 Å². The second-order valence-corrected chi connectivity index (χ2v) is 6.69. The molecule has 0 spiro atoms. The SMILES string of the molecule is CC1CN(c2c(C#N)c(=O)n(C)c(=O)n2C)CC(c2ccsc2)O1. The number of hydrogen-bond acceptors (Lipinski definition) is 6. The summed E-state index contributed by atoms with van der Waals surface area (Å²) in [6.07, 6.45) is -0.250. The van der Waals surface area contributed by atoms with Gasteiger partial charge in [0.15, 0.2) is 5.56 Å². The molecule has 8 heteroatoms. The lowest BCUT2D eigenvalue weighted by molar-refractivity contribution is -0.0176. The number of hydrogen-bond donors (Lipinski definition) is 0. The third-order valence-electron chi connectivity index (χ3n) is 4.22. The molecule has 2 aromatic heterocycles. The van der Waals surface area contributed by atoms with E-state index in [0.717, 1.165) is 10.1 Å². The van der Waals surface area contributed by atoms with Crippen molar-refractivity contribution in [1.82, 2.24) is 9.13 Å². The van der Waals surface area contributed by atoms with Crippen LogP contribution < -0.4 is 16.1 Å². The highest BCUT2D eigenvalue weighted by atomic mass is 32.1. The van der Waals surface area contributed by atoms with Crippen LogP contribution in [0.3, 0.4) is 0 Å². The molecule has 3 heterocycles. The molecule has 0 radical (unpaired) electrons. The van der Waals surface area contributed by atoms with Crippen molar-refractivity contribution in [3.63, 3.8) is 0 Å². The van der Waals surface area contributed by atoms with Crippen LogP contribution in [-0.4, -0.2) is 28.3 Å². The predicted octanol–water partition coefficient (Wildman–Crippen LogP) is 0.984. The third kappa shape index (κ3) is 2.66. The minimum atomic E-state index is -0.568. The monoisotopic (exact) mass is 346 g/mol. The summed E-state index contributed by atoms with van der Waals surface area (Å²) in [7, 11) is 2.96. The summed E-state index contributed by atoms with van der Waals surface area (Å²) in [5.41, 5.74) is 0.0312. The first-order chi connectivity index (χ1) is 11.4. The number of morpholine rings is 1. The highest BCUT2D eigenvalue weighted by Crippen LogP contribution is 2.29. The van der Waals surface area contributed by atoms with E-state index in [-0.39, 0.29) is 17.8 Å². The van der Waals surface area contributed by atoms with Crippen LogP contribution in [0.25, 0.3) is 0 Å². The van der Waals surface area contributed by atoms with Crippen molar-refractivity contribution < 1.29 is 4.74 Å². The Bertz CT molecular complexity index is 907. The van der Waals surface area contributed by atoms with Gasteiger partial charge < -0.3 is 9.64 Å². The molecule has 0 amide bonds. The zero-order valence-electron chi connectivity index (χ0n) is 13.7. The Labute approximate surface area is 142 Å². The van der Waals surface area contributed by atoms with E-state index in [0.29, 0.717) is 18.9 Å². The molecule has 2 unspecified atom stereocenters. The first kappa shape index (κ1) is 16.5. The third-order valence-corrected chi connectivity index (χ3v) is 4.92. The quantitative estimate of drug-likeness (QED) is 0.810. The number of anilines is 1. The molecule has 0 aliphatic carbocycles. The fraction of sp³-hybridized carbons (Fsp3) is 0.438. The van der Waals surface area contributed by atoms with Crippen molar-refractivity contribution in [3.05, 3.63) is 48.8 Å². The highest BCUT2D eigenvalue weighted by molar-refractivity contribution is 7.07. The lowest BCUT2D eigenvalue weighted by Crippen LogP contribution is -2.48. The lowest BCUT2D eigenvalue weighted by atomic mass is 10.1. The van der Waals surface area contributed by atoms with E-state index in [2.05, 4.69) is 0 Å². The smallest absolute Gasteiger partial charge is 0.332 e. The molecule has 0 saturated carbocycles. The molecule has 2 aromatic rings. The fourth-order valence-corrected chi connectivity index (χ4v) is 3.77. The average Bonchev–Trinajstić information content (AvgIpc) is 3.10. The summed E-state index contributed by atoms with van der Waals surface area (Å²) in [5, 5.41) is 13.5. The van der Waals surface area contributed by atoms with E-state index in [1.165, 1.54) is 11.6 Å². The van der Waals surface area contributed by atoms with Gasteiger partial charge in [-0.3, -0.25) is 13.9 Å². The Hall–Kier alpha value is -2.37. The minimum absolute atomic E-state index is 0.0160. The maximum absolute atomic E-state index is 12.3. The van der Waals surface area contributed by atoms with Gasteiger partial charge in [0.05, 0.1) is 6.10 Å². The van der Waals surface area contributed by atoms with Crippen LogP contribution in [0.1, 0.15) is 24.2 Å². The molecule has 1 saturated heterocycles. The largest absolute Gasteiger partial charge is 0.367 e. The molecule has 2 atom stereocenters. The molecular weight excluding hydrogens is 328 g/mol. The number of aromatic nitrogens is 2. The molecule has 0 N–H and O–H groups in total. The van der Waals surface area contributed by atoms with Crippen LogP contribution in [0.2, 0.25) is 0 Å². The van der Waals surface area contributed by atoms with E-state index < -0.39 is 11.2 Å². The van der Waals surface area contributed by atoms with Crippen LogP contribution in [-0.2, 0) is 18.8 Å². The predicted molar refractivity (Wildman–Crippen MR) is 91.5 cm³/mol. The molecule has 7 nitrogen and oxygen atoms in total.